The molecule has 0 radical (unpaired) electrons. The van der Waals surface area contributed by atoms with E-state index in [0.29, 0.717) is 12.3 Å². The molecule has 1 amide bonds. The fourth-order valence-corrected chi connectivity index (χ4v) is 4.32. The molecule has 2 heterocycles. The highest BCUT2D eigenvalue weighted by molar-refractivity contribution is 14.0. The van der Waals surface area contributed by atoms with Crippen molar-refractivity contribution in [3.05, 3.63) is 15.6 Å². The molecule has 0 bridgehead atoms. The van der Waals surface area contributed by atoms with Gasteiger partial charge in [-0.2, -0.15) is 0 Å². The second kappa shape index (κ2) is 11.7. The Hall–Kier alpha value is -0.900. The van der Waals surface area contributed by atoms with Gasteiger partial charge in [0.25, 0.3) is 0 Å². The van der Waals surface area contributed by atoms with Gasteiger partial charge in [0.2, 0.25) is 5.91 Å². The average molecular weight is 493 g/mol. The van der Waals surface area contributed by atoms with Crippen LogP contribution in [-0.2, 0) is 17.6 Å². The van der Waals surface area contributed by atoms with Gasteiger partial charge < -0.3 is 16.0 Å². The lowest BCUT2D eigenvalue weighted by Crippen LogP contribution is -2.47. The summed E-state index contributed by atoms with van der Waals surface area (Å²) in [6.07, 6.45) is 4.47. The van der Waals surface area contributed by atoms with Crippen molar-refractivity contribution in [1.29, 1.82) is 0 Å². The van der Waals surface area contributed by atoms with E-state index < -0.39 is 0 Å². The zero-order chi connectivity index (χ0) is 18.2. The largest absolute Gasteiger partial charge is 0.370 e. The number of carbonyl (C=O) groups excluding carboxylic acids is 1. The molecule has 1 aliphatic heterocycles. The molecule has 0 aromatic carbocycles. The van der Waals surface area contributed by atoms with Gasteiger partial charge in [-0.3, -0.25) is 9.79 Å². The van der Waals surface area contributed by atoms with Crippen molar-refractivity contribution in [2.24, 2.45) is 16.6 Å². The van der Waals surface area contributed by atoms with Crippen LogP contribution in [0.1, 0.15) is 48.7 Å². The van der Waals surface area contributed by atoms with E-state index in [4.69, 9.17) is 15.7 Å². The maximum atomic E-state index is 11.2. The number of guanidine groups is 1. The number of likely N-dealkylation sites (tertiary alicyclic amines) is 1. The third-order valence-electron chi connectivity index (χ3n) is 4.50. The molecule has 1 aliphatic rings. The van der Waals surface area contributed by atoms with Gasteiger partial charge in [0.15, 0.2) is 5.96 Å². The van der Waals surface area contributed by atoms with E-state index in [-0.39, 0.29) is 29.9 Å². The average Bonchev–Trinajstić information content (AvgIpc) is 2.93. The summed E-state index contributed by atoms with van der Waals surface area (Å²) in [5.74, 6) is 1.07. The zero-order valence-corrected chi connectivity index (χ0v) is 19.2. The lowest BCUT2D eigenvalue weighted by Gasteiger charge is -2.34. The summed E-state index contributed by atoms with van der Waals surface area (Å²) in [4.78, 5) is 24.3. The molecule has 1 atom stereocenters. The van der Waals surface area contributed by atoms with E-state index in [1.165, 1.54) is 15.6 Å². The number of nitrogens with zero attached hydrogens (tertiary/aromatic N) is 3. The van der Waals surface area contributed by atoms with Crippen LogP contribution in [0.25, 0.3) is 0 Å². The smallest absolute Gasteiger partial charge is 0.217 e. The Bertz CT molecular complexity index is 604. The van der Waals surface area contributed by atoms with Gasteiger partial charge in [0.05, 0.1) is 10.7 Å². The van der Waals surface area contributed by atoms with Gasteiger partial charge in [-0.25, -0.2) is 4.98 Å². The van der Waals surface area contributed by atoms with Crippen LogP contribution in [0.4, 0.5) is 0 Å². The molecule has 0 spiro atoms. The van der Waals surface area contributed by atoms with Crippen LogP contribution in [0.15, 0.2) is 4.99 Å². The van der Waals surface area contributed by atoms with Crippen LogP contribution in [0.2, 0.25) is 0 Å². The van der Waals surface area contributed by atoms with Gasteiger partial charge >= 0.3 is 0 Å². The van der Waals surface area contributed by atoms with E-state index in [9.17, 15) is 4.79 Å². The highest BCUT2D eigenvalue weighted by atomic mass is 127. The molecule has 148 valence electrons. The SMILES string of the molecule is CCNC(=NCCc1nc(CC)c(C)s1)N1CCCC(CC(N)=O)C1.I. The van der Waals surface area contributed by atoms with E-state index >= 15 is 0 Å². The van der Waals surface area contributed by atoms with E-state index in [2.05, 4.69) is 31.0 Å². The standard InChI is InChI=1S/C18H31N5OS.HI/c1-4-15-13(3)25-17(22-15)8-9-21-18(20-5-2)23-10-6-7-14(12-23)11-16(19)24;/h14H,4-12H2,1-3H3,(H2,19,24)(H,20,21);1H. The fraction of sp³-hybridized carbons (Fsp3) is 0.722. The second-order valence-electron chi connectivity index (χ2n) is 6.57. The third-order valence-corrected chi connectivity index (χ3v) is 5.58. The fourth-order valence-electron chi connectivity index (χ4n) is 3.31. The molecule has 26 heavy (non-hydrogen) atoms. The number of thiazole rings is 1. The van der Waals surface area contributed by atoms with Gasteiger partial charge in [-0.15, -0.1) is 35.3 Å². The first-order valence-electron chi connectivity index (χ1n) is 9.30. The molecule has 1 unspecified atom stereocenters. The molecular formula is C18H32IN5OS. The number of rotatable bonds is 7. The number of hydrogen-bond donors (Lipinski definition) is 2. The molecule has 1 saturated heterocycles. The molecule has 1 fully saturated rings. The van der Waals surface area contributed by atoms with Crippen LogP contribution in [-0.4, -0.2) is 47.9 Å². The zero-order valence-electron chi connectivity index (χ0n) is 16.1. The molecule has 0 aliphatic carbocycles. The van der Waals surface area contributed by atoms with Crippen molar-refractivity contribution >= 4 is 47.2 Å². The summed E-state index contributed by atoms with van der Waals surface area (Å²) in [7, 11) is 0. The minimum atomic E-state index is -0.209. The first-order chi connectivity index (χ1) is 12.0. The topological polar surface area (TPSA) is 83.6 Å². The maximum Gasteiger partial charge on any atom is 0.217 e. The Morgan fingerprint density at radius 3 is 2.85 bits per heavy atom. The van der Waals surface area contributed by atoms with Crippen molar-refractivity contribution in [1.82, 2.24) is 15.2 Å². The monoisotopic (exact) mass is 493 g/mol. The van der Waals surface area contributed by atoms with Crippen molar-refractivity contribution in [2.45, 2.75) is 52.9 Å². The van der Waals surface area contributed by atoms with Crippen LogP contribution in [0, 0.1) is 12.8 Å². The van der Waals surface area contributed by atoms with Gasteiger partial charge in [-0.05, 0) is 39.0 Å². The van der Waals surface area contributed by atoms with Crippen molar-refractivity contribution in [3.63, 3.8) is 0 Å². The summed E-state index contributed by atoms with van der Waals surface area (Å²) in [6.45, 7) is 9.77. The van der Waals surface area contributed by atoms with Gasteiger partial charge in [0, 0.05) is 43.9 Å². The van der Waals surface area contributed by atoms with E-state index in [1.54, 1.807) is 11.3 Å². The second-order valence-corrected chi connectivity index (χ2v) is 7.86. The van der Waals surface area contributed by atoms with Crippen LogP contribution in [0.3, 0.4) is 0 Å². The minimum Gasteiger partial charge on any atom is -0.370 e. The van der Waals surface area contributed by atoms with Crippen LogP contribution in [0.5, 0.6) is 0 Å². The molecule has 0 saturated carbocycles. The molecular weight excluding hydrogens is 461 g/mol. The molecule has 6 nitrogen and oxygen atoms in total. The molecule has 1 aromatic heterocycles. The first kappa shape index (κ1) is 23.1. The third kappa shape index (κ3) is 7.02. The quantitative estimate of drug-likeness (QED) is 0.348. The molecule has 3 N–H and O–H groups in total. The van der Waals surface area contributed by atoms with Crippen molar-refractivity contribution < 1.29 is 4.79 Å². The lowest BCUT2D eigenvalue weighted by molar-refractivity contribution is -0.119. The van der Waals surface area contributed by atoms with E-state index in [0.717, 1.165) is 57.8 Å². The summed E-state index contributed by atoms with van der Waals surface area (Å²) in [5, 5.41) is 4.55. The number of amides is 1. The number of aromatic nitrogens is 1. The summed E-state index contributed by atoms with van der Waals surface area (Å²) in [6, 6.07) is 0. The first-order valence-corrected chi connectivity index (χ1v) is 10.1. The molecule has 1 aromatic rings. The number of nitrogens with one attached hydrogen (secondary N) is 1. The molecule has 2 rings (SSSR count). The number of hydrogen-bond acceptors (Lipinski definition) is 4. The van der Waals surface area contributed by atoms with Gasteiger partial charge in [0.1, 0.15) is 0 Å². The number of primary amides is 1. The van der Waals surface area contributed by atoms with Crippen molar-refractivity contribution in [2.75, 3.05) is 26.2 Å². The number of halogens is 1. The predicted molar refractivity (Wildman–Crippen MR) is 119 cm³/mol. The number of nitrogens with two attached hydrogens (primary N) is 1. The Labute approximate surface area is 178 Å². The number of piperidine rings is 1. The highest BCUT2D eigenvalue weighted by Crippen LogP contribution is 2.20. The Morgan fingerprint density at radius 2 is 2.23 bits per heavy atom. The van der Waals surface area contributed by atoms with Crippen molar-refractivity contribution in [3.8, 4) is 0 Å². The normalized spacial score (nSPS) is 17.7. The number of carbonyl (C=O) groups is 1. The highest BCUT2D eigenvalue weighted by Gasteiger charge is 2.23. The van der Waals surface area contributed by atoms with Crippen LogP contribution >= 0.6 is 35.3 Å². The Kier molecular flexibility index (Phi) is 10.4. The minimum absolute atomic E-state index is 0. The molecule has 8 heteroatoms. The maximum absolute atomic E-state index is 11.2. The van der Waals surface area contributed by atoms with E-state index in [1.807, 2.05) is 0 Å². The van der Waals surface area contributed by atoms with Gasteiger partial charge in [-0.1, -0.05) is 6.92 Å². The summed E-state index contributed by atoms with van der Waals surface area (Å²) < 4.78 is 0. The number of aryl methyl sites for hydroxylation is 2. The predicted octanol–water partition coefficient (Wildman–Crippen LogP) is 2.73. The lowest BCUT2D eigenvalue weighted by atomic mass is 9.95. The van der Waals surface area contributed by atoms with Crippen LogP contribution < -0.4 is 11.1 Å². The summed E-state index contributed by atoms with van der Waals surface area (Å²) >= 11 is 1.78. The summed E-state index contributed by atoms with van der Waals surface area (Å²) in [5.41, 5.74) is 6.57. The Balaban J connectivity index is 0.00000338. The number of aliphatic imine (C=N–C) groups is 1. The Morgan fingerprint density at radius 1 is 1.46 bits per heavy atom.